The number of nitrogens with one attached hydrogen (secondary N) is 1. The van der Waals surface area contributed by atoms with Crippen molar-refractivity contribution in [3.05, 3.63) is 64.4 Å². The summed E-state index contributed by atoms with van der Waals surface area (Å²) in [6.45, 7) is 2.40. The van der Waals surface area contributed by atoms with E-state index in [-0.39, 0.29) is 17.6 Å². The first-order valence-corrected chi connectivity index (χ1v) is 6.40. The van der Waals surface area contributed by atoms with Crippen LogP contribution in [0.25, 0.3) is 0 Å². The molecule has 0 spiro atoms. The minimum absolute atomic E-state index is 0.0833. The lowest BCUT2D eigenvalue weighted by Crippen LogP contribution is -2.18. The normalized spacial score (nSPS) is 12.4. The molecule has 0 radical (unpaired) electrons. The van der Waals surface area contributed by atoms with Crippen LogP contribution in [0.3, 0.4) is 0 Å². The third-order valence-corrected chi connectivity index (χ3v) is 3.26. The van der Waals surface area contributed by atoms with Crippen LogP contribution in [-0.2, 0) is 6.54 Å². The Bertz CT molecular complexity index is 557. The monoisotopic (exact) mass is 279 g/mol. The zero-order valence-electron chi connectivity index (χ0n) is 10.5. The van der Waals surface area contributed by atoms with Crippen molar-refractivity contribution in [2.24, 2.45) is 0 Å². The van der Waals surface area contributed by atoms with Gasteiger partial charge in [0.25, 0.3) is 0 Å². The highest BCUT2D eigenvalue weighted by atomic mass is 35.5. The van der Waals surface area contributed by atoms with Gasteiger partial charge in [0.05, 0.1) is 0 Å². The van der Waals surface area contributed by atoms with Gasteiger partial charge < -0.3 is 10.4 Å². The van der Waals surface area contributed by atoms with Crippen molar-refractivity contribution in [3.8, 4) is 5.75 Å². The van der Waals surface area contributed by atoms with Crippen LogP contribution in [0.2, 0.25) is 5.02 Å². The highest BCUT2D eigenvalue weighted by Crippen LogP contribution is 2.20. The lowest BCUT2D eigenvalue weighted by molar-refractivity contribution is 0.457. The highest BCUT2D eigenvalue weighted by Gasteiger charge is 2.07. The Hall–Kier alpha value is -1.58. The molecule has 0 aliphatic heterocycles. The van der Waals surface area contributed by atoms with Crippen LogP contribution >= 0.6 is 11.6 Å². The average molecular weight is 280 g/mol. The molecule has 0 aromatic heterocycles. The Morgan fingerprint density at radius 3 is 2.58 bits per heavy atom. The molecule has 2 aromatic carbocycles. The van der Waals surface area contributed by atoms with Gasteiger partial charge in [-0.3, -0.25) is 0 Å². The molecule has 0 saturated carbocycles. The van der Waals surface area contributed by atoms with Crippen LogP contribution in [0.15, 0.2) is 42.5 Å². The minimum Gasteiger partial charge on any atom is -0.508 e. The summed E-state index contributed by atoms with van der Waals surface area (Å²) in [5.41, 5.74) is 1.63. The molecule has 0 bridgehead atoms. The van der Waals surface area contributed by atoms with Gasteiger partial charge in [-0.25, -0.2) is 4.39 Å². The van der Waals surface area contributed by atoms with Crippen molar-refractivity contribution in [1.82, 2.24) is 5.32 Å². The molecule has 2 N–H and O–H groups in total. The smallest absolute Gasteiger partial charge is 0.123 e. The summed E-state index contributed by atoms with van der Waals surface area (Å²) < 4.78 is 13.1. The number of hydrogen-bond donors (Lipinski definition) is 2. The third-order valence-electron chi connectivity index (χ3n) is 3.01. The van der Waals surface area contributed by atoms with Crippen LogP contribution in [0, 0.1) is 5.82 Å². The molecule has 0 amide bonds. The summed E-state index contributed by atoms with van der Waals surface area (Å²) in [5, 5.41) is 13.6. The first-order chi connectivity index (χ1) is 9.06. The topological polar surface area (TPSA) is 32.3 Å². The molecule has 4 heteroatoms. The SMILES string of the molecule is CC(NCc1cc(F)ccc1O)c1ccc(Cl)cc1. The Kier molecular flexibility index (Phi) is 4.40. The summed E-state index contributed by atoms with van der Waals surface area (Å²) >= 11 is 5.83. The predicted octanol–water partition coefficient (Wildman–Crippen LogP) is 4.04. The van der Waals surface area contributed by atoms with Gasteiger partial charge in [0.15, 0.2) is 0 Å². The van der Waals surface area contributed by atoms with Crippen LogP contribution in [-0.4, -0.2) is 5.11 Å². The van der Waals surface area contributed by atoms with E-state index in [4.69, 9.17) is 11.6 Å². The van der Waals surface area contributed by atoms with Gasteiger partial charge >= 0.3 is 0 Å². The van der Waals surface area contributed by atoms with E-state index < -0.39 is 0 Å². The largest absolute Gasteiger partial charge is 0.508 e. The molecule has 0 aliphatic rings. The van der Waals surface area contributed by atoms with Gasteiger partial charge in [-0.05, 0) is 42.8 Å². The molecule has 2 nitrogen and oxygen atoms in total. The van der Waals surface area contributed by atoms with Crippen LogP contribution in [0.5, 0.6) is 5.75 Å². The van der Waals surface area contributed by atoms with Crippen molar-refractivity contribution >= 4 is 11.6 Å². The van der Waals surface area contributed by atoms with E-state index in [0.717, 1.165) is 5.56 Å². The standard InChI is InChI=1S/C15H15ClFNO/c1-10(11-2-4-13(16)5-3-11)18-9-12-8-14(17)6-7-15(12)19/h2-8,10,18-19H,9H2,1H3. The number of hydrogen-bond acceptors (Lipinski definition) is 2. The van der Waals surface area contributed by atoms with Gasteiger partial charge in [0.1, 0.15) is 11.6 Å². The van der Waals surface area contributed by atoms with Crippen molar-refractivity contribution in [1.29, 1.82) is 0 Å². The maximum atomic E-state index is 13.1. The zero-order valence-corrected chi connectivity index (χ0v) is 11.3. The summed E-state index contributed by atoms with van der Waals surface area (Å²) in [7, 11) is 0. The van der Waals surface area contributed by atoms with Crippen molar-refractivity contribution in [2.75, 3.05) is 0 Å². The quantitative estimate of drug-likeness (QED) is 0.885. The predicted molar refractivity (Wildman–Crippen MR) is 74.8 cm³/mol. The molecule has 0 saturated heterocycles. The fraction of sp³-hybridized carbons (Fsp3) is 0.200. The number of aromatic hydroxyl groups is 1. The maximum Gasteiger partial charge on any atom is 0.123 e. The van der Waals surface area contributed by atoms with Crippen LogP contribution in [0.1, 0.15) is 24.1 Å². The van der Waals surface area contributed by atoms with Gasteiger partial charge in [-0.15, -0.1) is 0 Å². The van der Waals surface area contributed by atoms with E-state index in [9.17, 15) is 9.50 Å². The number of benzene rings is 2. The highest BCUT2D eigenvalue weighted by molar-refractivity contribution is 6.30. The van der Waals surface area contributed by atoms with Gasteiger partial charge in [0.2, 0.25) is 0 Å². The molecule has 100 valence electrons. The molecule has 2 aromatic rings. The number of halogens is 2. The minimum atomic E-state index is -0.353. The van der Waals surface area contributed by atoms with Crippen LogP contribution < -0.4 is 5.32 Å². The van der Waals surface area contributed by atoms with E-state index >= 15 is 0 Å². The molecule has 0 aliphatic carbocycles. The molecule has 1 atom stereocenters. The summed E-state index contributed by atoms with van der Waals surface area (Å²) in [4.78, 5) is 0. The fourth-order valence-electron chi connectivity index (χ4n) is 1.83. The molecule has 0 heterocycles. The molecular weight excluding hydrogens is 265 g/mol. The number of phenols is 1. The first-order valence-electron chi connectivity index (χ1n) is 6.02. The fourth-order valence-corrected chi connectivity index (χ4v) is 1.95. The lowest BCUT2D eigenvalue weighted by atomic mass is 10.1. The third kappa shape index (κ3) is 3.69. The van der Waals surface area contributed by atoms with E-state index in [2.05, 4.69) is 5.32 Å². The lowest BCUT2D eigenvalue weighted by Gasteiger charge is -2.15. The number of rotatable bonds is 4. The second-order valence-electron chi connectivity index (χ2n) is 4.43. The summed E-state index contributed by atoms with van der Waals surface area (Å²) in [5.74, 6) is -0.258. The van der Waals surface area contributed by atoms with Gasteiger partial charge in [-0.2, -0.15) is 0 Å². The Morgan fingerprint density at radius 2 is 1.89 bits per heavy atom. The van der Waals surface area contributed by atoms with E-state index in [1.807, 2.05) is 31.2 Å². The number of phenolic OH excluding ortho intramolecular Hbond substituents is 1. The second kappa shape index (κ2) is 6.04. The zero-order chi connectivity index (χ0) is 13.8. The molecule has 1 unspecified atom stereocenters. The molecule has 0 fully saturated rings. The molecule has 19 heavy (non-hydrogen) atoms. The maximum absolute atomic E-state index is 13.1. The van der Waals surface area contributed by atoms with Crippen LogP contribution in [0.4, 0.5) is 4.39 Å². The van der Waals surface area contributed by atoms with E-state index in [1.54, 1.807) is 0 Å². The Balaban J connectivity index is 2.02. The Labute approximate surface area is 116 Å². The van der Waals surface area contributed by atoms with Gasteiger partial charge in [-0.1, -0.05) is 23.7 Å². The summed E-state index contributed by atoms with van der Waals surface area (Å²) in [6, 6.07) is 11.5. The van der Waals surface area contributed by atoms with E-state index in [0.29, 0.717) is 17.1 Å². The second-order valence-corrected chi connectivity index (χ2v) is 4.86. The first kappa shape index (κ1) is 13.8. The van der Waals surface area contributed by atoms with Gasteiger partial charge in [0, 0.05) is 23.2 Å². The average Bonchev–Trinajstić information content (AvgIpc) is 2.40. The van der Waals surface area contributed by atoms with Crippen molar-refractivity contribution < 1.29 is 9.50 Å². The Morgan fingerprint density at radius 1 is 1.21 bits per heavy atom. The summed E-state index contributed by atoms with van der Waals surface area (Å²) in [6.07, 6.45) is 0. The molecule has 2 rings (SSSR count). The van der Waals surface area contributed by atoms with Crippen molar-refractivity contribution in [2.45, 2.75) is 19.5 Å². The van der Waals surface area contributed by atoms with E-state index in [1.165, 1.54) is 18.2 Å². The molecular formula is C15H15ClFNO. The van der Waals surface area contributed by atoms with Crippen molar-refractivity contribution in [3.63, 3.8) is 0 Å².